The lowest BCUT2D eigenvalue weighted by atomic mass is 10.0. The lowest BCUT2D eigenvalue weighted by Crippen LogP contribution is -2.59. The minimum absolute atomic E-state index is 0.0344. The number of nitrogens with zero attached hydrogens (tertiary/aromatic N) is 1. The minimum atomic E-state index is -1.82. The molecule has 0 heterocycles. The Kier molecular flexibility index (Phi) is 33.1. The Labute approximate surface area is 487 Å². The first-order chi connectivity index (χ1) is 39.8. The van der Waals surface area contributed by atoms with E-state index in [0.29, 0.717) is 5.56 Å². The van der Waals surface area contributed by atoms with Crippen LogP contribution in [0.15, 0.2) is 35.3 Å². The number of benzene rings is 1. The second-order valence-electron chi connectivity index (χ2n) is 20.0. The van der Waals surface area contributed by atoms with Crippen LogP contribution in [0.25, 0.3) is 0 Å². The molecule has 1 aromatic carbocycles. The summed E-state index contributed by atoms with van der Waals surface area (Å²) in [6, 6.07) is -3.64. The zero-order chi connectivity index (χ0) is 64.5. The van der Waals surface area contributed by atoms with Crippen molar-refractivity contribution >= 4 is 94.8 Å². The molecule has 0 aliphatic heterocycles. The number of guanidine groups is 1. The molecular weight excluding hydrogens is 1130 g/mol. The maximum absolute atomic E-state index is 14.1. The van der Waals surface area contributed by atoms with Crippen LogP contribution >= 0.6 is 0 Å². The molecule has 8 atom stereocenters. The molecule has 0 aromatic heterocycles. The summed E-state index contributed by atoms with van der Waals surface area (Å²) < 4.78 is 0. The van der Waals surface area contributed by atoms with E-state index in [4.69, 9.17) is 22.3 Å². The van der Waals surface area contributed by atoms with Crippen molar-refractivity contribution in [1.29, 1.82) is 0 Å². The number of rotatable bonds is 40. The summed E-state index contributed by atoms with van der Waals surface area (Å²) in [4.78, 5) is 194. The SMILES string of the molecule is CC(C)C[C@H](NC(=O)[C@H](Cc1ccccc1)NC(=O)[C@H](CC(=O)O)NC(=O)CNC(=O)[C@@H](N)CCC(=O)O)C(=O)N[C@@H](C)C(=O)N[C@@H](CCC(=O)O)C(=O)NCC(=O)NCC(=O)NCC(=O)N[C@H](C(=O)N[C@@H](CCCN=C(N)N)C(=O)O)C(C)C. The van der Waals surface area contributed by atoms with Gasteiger partial charge >= 0.3 is 23.9 Å². The maximum Gasteiger partial charge on any atom is 0.326 e. The zero-order valence-corrected chi connectivity index (χ0v) is 47.7. The molecule has 0 spiro atoms. The van der Waals surface area contributed by atoms with Gasteiger partial charge in [0.1, 0.15) is 42.3 Å². The minimum Gasteiger partial charge on any atom is -0.481 e. The topological polar surface area (TPSA) is 560 Å². The van der Waals surface area contributed by atoms with E-state index in [1.165, 1.54) is 6.92 Å². The molecule has 34 nitrogen and oxygen atoms in total. The molecule has 34 heteroatoms. The molecule has 0 bridgehead atoms. The average molecular weight is 1210 g/mol. The normalized spacial score (nSPS) is 13.6. The highest BCUT2D eigenvalue weighted by Crippen LogP contribution is 2.11. The van der Waals surface area contributed by atoms with E-state index in [-0.39, 0.29) is 50.5 Å². The Balaban J connectivity index is 3.04. The molecule has 472 valence electrons. The van der Waals surface area contributed by atoms with Crippen molar-refractivity contribution in [3.8, 4) is 0 Å². The summed E-state index contributed by atoms with van der Waals surface area (Å²) in [5, 5.41) is 62.7. The maximum atomic E-state index is 14.1. The predicted molar refractivity (Wildman–Crippen MR) is 297 cm³/mol. The molecule has 11 amide bonds. The van der Waals surface area contributed by atoms with Gasteiger partial charge in [0.2, 0.25) is 65.0 Å². The first-order valence-corrected chi connectivity index (χ1v) is 26.7. The molecule has 0 fully saturated rings. The number of amides is 11. The Hall–Kier alpha value is -9.50. The standard InChI is InChI=1S/C51H79N15O19/c1-25(2)18-32(64-47(81)33(19-28-10-7-6-8-11-28)65-48(82)34(20-41(75)76)61-37(69)24-58-44(78)29(52)13-15-39(71)72)46(80)60-27(5)43(77)62-30(14-16-40(73)74)45(79)59-22-36(68)56-21-35(67)57-23-38(70)66-42(26(3)4)49(83)63-31(50(84)85)12-9-17-55-51(53)54/h6-8,10-11,25-27,29-34,42H,9,12-24,52H2,1-5H3,(H,56,68)(H,57,67)(H,58,78)(H,59,79)(H,60,80)(H,61,69)(H,62,77)(H,63,83)(H,64,81)(H,65,82)(H,66,70)(H,71,72)(H,73,74)(H,75,76)(H,84,85)(H4,53,54,55)/t27-,29-,30-,31-,32-,33-,34-,42-/m0/s1. The summed E-state index contributed by atoms with van der Waals surface area (Å²) >= 11 is 0. The number of hydrogen-bond acceptors (Lipinski definition) is 17. The lowest BCUT2D eigenvalue weighted by Gasteiger charge is -2.27. The molecular formula is C51H79N15O19. The highest BCUT2D eigenvalue weighted by atomic mass is 16.4. The van der Waals surface area contributed by atoms with Gasteiger partial charge in [-0.15, -0.1) is 0 Å². The van der Waals surface area contributed by atoms with Crippen molar-refractivity contribution in [2.75, 3.05) is 32.7 Å². The van der Waals surface area contributed by atoms with E-state index in [1.807, 2.05) is 0 Å². The third-order valence-electron chi connectivity index (χ3n) is 11.9. The van der Waals surface area contributed by atoms with Gasteiger partial charge in [0.05, 0.1) is 38.6 Å². The molecule has 1 aromatic rings. The molecule has 21 N–H and O–H groups in total. The van der Waals surface area contributed by atoms with Gasteiger partial charge in [0.15, 0.2) is 5.96 Å². The molecule has 1 rings (SSSR count). The average Bonchev–Trinajstić information content (AvgIpc) is 3.64. The number of aliphatic imine (C=N–C) groups is 1. The summed E-state index contributed by atoms with van der Waals surface area (Å²) in [6.45, 7) is 4.84. The number of carboxylic acids is 4. The van der Waals surface area contributed by atoms with Crippen molar-refractivity contribution in [2.24, 2.45) is 34.0 Å². The molecule has 0 saturated carbocycles. The van der Waals surface area contributed by atoms with E-state index >= 15 is 0 Å². The number of carbonyl (C=O) groups is 15. The molecule has 0 aliphatic carbocycles. The monoisotopic (exact) mass is 1210 g/mol. The van der Waals surface area contributed by atoms with Gasteiger partial charge in [-0.1, -0.05) is 58.0 Å². The summed E-state index contributed by atoms with van der Waals surface area (Å²) in [5.41, 5.74) is 16.7. The van der Waals surface area contributed by atoms with Gasteiger partial charge in [-0.3, -0.25) is 72.1 Å². The van der Waals surface area contributed by atoms with Crippen LogP contribution < -0.4 is 75.7 Å². The predicted octanol–water partition coefficient (Wildman–Crippen LogP) is -6.52. The Morgan fingerprint density at radius 1 is 0.482 bits per heavy atom. The van der Waals surface area contributed by atoms with Crippen LogP contribution in [-0.2, 0) is 78.3 Å². The van der Waals surface area contributed by atoms with Gasteiger partial charge < -0.3 is 96.1 Å². The second-order valence-corrected chi connectivity index (χ2v) is 20.0. The molecule has 0 unspecified atom stereocenters. The number of carboxylic acid groups (broad SMARTS) is 4. The molecule has 0 radical (unpaired) electrons. The van der Waals surface area contributed by atoms with Crippen LogP contribution in [-0.4, -0.2) is 196 Å². The summed E-state index contributed by atoms with van der Waals surface area (Å²) in [7, 11) is 0. The molecule has 85 heavy (non-hydrogen) atoms. The van der Waals surface area contributed by atoms with Crippen molar-refractivity contribution < 1.29 is 92.3 Å². The Morgan fingerprint density at radius 2 is 0.976 bits per heavy atom. The van der Waals surface area contributed by atoms with Crippen molar-refractivity contribution in [3.63, 3.8) is 0 Å². The van der Waals surface area contributed by atoms with Gasteiger partial charge in [0, 0.05) is 25.8 Å². The number of aliphatic carboxylic acids is 4. The lowest BCUT2D eigenvalue weighted by molar-refractivity contribution is -0.143. The number of nitrogens with two attached hydrogens (primary N) is 3. The first-order valence-electron chi connectivity index (χ1n) is 26.7. The van der Waals surface area contributed by atoms with Crippen molar-refractivity contribution in [2.45, 2.75) is 141 Å². The smallest absolute Gasteiger partial charge is 0.326 e. The second kappa shape index (κ2) is 38.3. The number of carbonyl (C=O) groups excluding carboxylic acids is 11. The molecule has 0 saturated heterocycles. The van der Waals surface area contributed by atoms with Crippen LogP contribution in [0.2, 0.25) is 0 Å². The van der Waals surface area contributed by atoms with Crippen LogP contribution in [0, 0.1) is 11.8 Å². The Morgan fingerprint density at radius 3 is 1.53 bits per heavy atom. The fraction of sp³-hybridized carbons (Fsp3) is 0.569. The van der Waals surface area contributed by atoms with Crippen molar-refractivity contribution in [1.82, 2.24) is 58.5 Å². The van der Waals surface area contributed by atoms with E-state index in [9.17, 15) is 87.2 Å². The number of nitrogens with one attached hydrogen (secondary N) is 11. The Bertz CT molecular complexity index is 2560. The van der Waals surface area contributed by atoms with Crippen LogP contribution in [0.4, 0.5) is 0 Å². The largest absolute Gasteiger partial charge is 0.481 e. The first kappa shape index (κ1) is 73.5. The third kappa shape index (κ3) is 31.5. The zero-order valence-electron chi connectivity index (χ0n) is 47.7. The van der Waals surface area contributed by atoms with Crippen LogP contribution in [0.3, 0.4) is 0 Å². The fourth-order valence-electron chi connectivity index (χ4n) is 7.41. The van der Waals surface area contributed by atoms with Crippen LogP contribution in [0.1, 0.15) is 91.5 Å². The van der Waals surface area contributed by atoms with Gasteiger partial charge in [-0.05, 0) is 56.4 Å². The molecule has 0 aliphatic rings. The van der Waals surface area contributed by atoms with E-state index in [2.05, 4.69) is 63.5 Å². The summed E-state index contributed by atoms with van der Waals surface area (Å²) in [5.74, 6) is -17.2. The fourth-order valence-corrected chi connectivity index (χ4v) is 7.41. The highest BCUT2D eigenvalue weighted by Gasteiger charge is 2.34. The van der Waals surface area contributed by atoms with Gasteiger partial charge in [-0.2, -0.15) is 0 Å². The van der Waals surface area contributed by atoms with E-state index in [1.54, 1.807) is 58.0 Å². The highest BCUT2D eigenvalue weighted by molar-refractivity contribution is 5.98. The number of hydrogen-bond donors (Lipinski definition) is 18. The van der Waals surface area contributed by atoms with Crippen molar-refractivity contribution in [3.05, 3.63) is 35.9 Å². The quantitative estimate of drug-likeness (QED) is 0.0165. The van der Waals surface area contributed by atoms with E-state index < -0.39 is 195 Å². The van der Waals surface area contributed by atoms with Crippen LogP contribution in [0.5, 0.6) is 0 Å². The van der Waals surface area contributed by atoms with Gasteiger partial charge in [0.25, 0.3) is 0 Å². The van der Waals surface area contributed by atoms with E-state index in [0.717, 1.165) is 0 Å². The van der Waals surface area contributed by atoms with Gasteiger partial charge in [-0.25, -0.2) is 4.79 Å². The third-order valence-corrected chi connectivity index (χ3v) is 11.9. The summed E-state index contributed by atoms with van der Waals surface area (Å²) in [6.07, 6.45) is -3.01.